The zero-order valence-corrected chi connectivity index (χ0v) is 16.9. The quantitative estimate of drug-likeness (QED) is 0.777. The van der Waals surface area contributed by atoms with Crippen LogP contribution in [-0.2, 0) is 20.7 Å². The molecule has 3 amide bonds. The zero-order valence-electron chi connectivity index (χ0n) is 15.3. The van der Waals surface area contributed by atoms with Crippen molar-refractivity contribution in [3.63, 3.8) is 0 Å². The topological polar surface area (TPSA) is 102 Å². The van der Waals surface area contributed by atoms with Crippen molar-refractivity contribution >= 4 is 52.2 Å². The first-order valence-corrected chi connectivity index (χ1v) is 10.2. The minimum atomic E-state index is -0.550. The van der Waals surface area contributed by atoms with Crippen molar-refractivity contribution in [2.75, 3.05) is 36.1 Å². The molecule has 1 aromatic carbocycles. The van der Waals surface area contributed by atoms with Gasteiger partial charge in [-0.2, -0.15) is 0 Å². The number of nitrogens with two attached hydrogens (primary N) is 1. The molecule has 2 aliphatic heterocycles. The summed E-state index contributed by atoms with van der Waals surface area (Å²) in [6, 6.07) is 8.82. The number of thiophene rings is 1. The van der Waals surface area contributed by atoms with Gasteiger partial charge < -0.3 is 20.1 Å². The number of hydrogen-bond acceptors (Lipinski definition) is 6. The van der Waals surface area contributed by atoms with Crippen molar-refractivity contribution in [1.82, 2.24) is 0 Å². The van der Waals surface area contributed by atoms with Crippen molar-refractivity contribution in [1.29, 1.82) is 0 Å². The Bertz CT molecular complexity index is 961. The summed E-state index contributed by atoms with van der Waals surface area (Å²) in [5.41, 5.74) is 7.49. The number of nitrogens with zero attached hydrogens (tertiary/aromatic N) is 2. The normalized spacial score (nSPS) is 19.6. The molecule has 4 rings (SSSR count). The molecule has 0 saturated carbocycles. The Morgan fingerprint density at radius 3 is 2.55 bits per heavy atom. The lowest BCUT2D eigenvalue weighted by Gasteiger charge is -2.27. The van der Waals surface area contributed by atoms with E-state index in [1.807, 2.05) is 0 Å². The molecular formula is C19H18ClN3O5S. The molecule has 8 nitrogen and oxygen atoms in total. The Balaban J connectivity index is 1.45. The van der Waals surface area contributed by atoms with E-state index in [1.54, 1.807) is 35.2 Å². The number of cyclic esters (lactones) is 1. The minimum Gasteiger partial charge on any atom is -0.444 e. The maximum atomic E-state index is 12.3. The fourth-order valence-electron chi connectivity index (χ4n) is 3.44. The first-order chi connectivity index (χ1) is 13.9. The van der Waals surface area contributed by atoms with Crippen LogP contribution in [-0.4, -0.2) is 50.3 Å². The number of rotatable bonds is 5. The molecule has 0 radical (unpaired) electrons. The third kappa shape index (κ3) is 4.07. The highest BCUT2D eigenvalue weighted by atomic mass is 35.5. The number of primary amides is 1. The first-order valence-electron chi connectivity index (χ1n) is 8.96. The fraction of sp³-hybridized carbons (Fsp3) is 0.316. The van der Waals surface area contributed by atoms with Gasteiger partial charge in [-0.15, -0.1) is 11.3 Å². The van der Waals surface area contributed by atoms with Gasteiger partial charge in [0.2, 0.25) is 0 Å². The fourth-order valence-corrected chi connectivity index (χ4v) is 4.58. The maximum Gasteiger partial charge on any atom is 0.414 e. The van der Waals surface area contributed by atoms with E-state index in [4.69, 9.17) is 26.8 Å². The number of ether oxygens (including phenoxy) is 2. The predicted octanol–water partition coefficient (Wildman–Crippen LogP) is 2.43. The summed E-state index contributed by atoms with van der Waals surface area (Å²) in [5.74, 6) is -0.643. The number of morpholine rings is 1. The van der Waals surface area contributed by atoms with E-state index in [2.05, 4.69) is 0 Å². The summed E-state index contributed by atoms with van der Waals surface area (Å²) in [4.78, 5) is 39.4. The van der Waals surface area contributed by atoms with Crippen LogP contribution < -0.4 is 15.5 Å². The maximum absolute atomic E-state index is 12.3. The molecule has 1 atom stereocenters. The molecule has 10 heteroatoms. The van der Waals surface area contributed by atoms with Gasteiger partial charge in [-0.25, -0.2) is 4.79 Å². The van der Waals surface area contributed by atoms with Crippen molar-refractivity contribution < 1.29 is 23.9 Å². The van der Waals surface area contributed by atoms with E-state index in [-0.39, 0.29) is 12.5 Å². The summed E-state index contributed by atoms with van der Waals surface area (Å²) in [5, 5.41) is 0. The van der Waals surface area contributed by atoms with Crippen LogP contribution in [0.15, 0.2) is 30.3 Å². The van der Waals surface area contributed by atoms with Crippen LogP contribution in [0.1, 0.15) is 15.2 Å². The summed E-state index contributed by atoms with van der Waals surface area (Å²) in [6.07, 6.45) is -0.539. The molecule has 152 valence electrons. The molecule has 0 unspecified atom stereocenters. The van der Waals surface area contributed by atoms with Gasteiger partial charge in [0.1, 0.15) is 12.7 Å². The summed E-state index contributed by atoms with van der Waals surface area (Å²) < 4.78 is 11.1. The average Bonchev–Trinajstić information content (AvgIpc) is 3.24. The van der Waals surface area contributed by atoms with Crippen molar-refractivity contribution in [2.45, 2.75) is 12.5 Å². The van der Waals surface area contributed by atoms with E-state index in [0.29, 0.717) is 46.6 Å². The number of amides is 3. The number of anilines is 2. The summed E-state index contributed by atoms with van der Waals surface area (Å²) >= 11 is 7.11. The standard InChI is InChI=1S/C19H18ClN3O5S/c20-15-8-11(17(29-15)18(21)25)7-14-9-23(19(26)28-14)13-3-1-12(2-4-13)22-5-6-27-10-16(22)24/h1-4,8,14H,5-7,9-10H2,(H2,21,25)/t14-/m0/s1. The van der Waals surface area contributed by atoms with Crippen molar-refractivity contribution in [2.24, 2.45) is 5.73 Å². The van der Waals surface area contributed by atoms with E-state index in [1.165, 1.54) is 4.90 Å². The second-order valence-corrected chi connectivity index (χ2v) is 8.39. The van der Waals surface area contributed by atoms with Gasteiger partial charge in [-0.1, -0.05) is 11.6 Å². The highest BCUT2D eigenvalue weighted by molar-refractivity contribution is 7.18. The summed E-state index contributed by atoms with van der Waals surface area (Å²) in [6.45, 7) is 1.40. The molecule has 0 bridgehead atoms. The third-order valence-electron chi connectivity index (χ3n) is 4.78. The monoisotopic (exact) mass is 435 g/mol. The number of carbonyl (C=O) groups is 3. The van der Waals surface area contributed by atoms with E-state index in [0.717, 1.165) is 17.0 Å². The molecule has 2 fully saturated rings. The van der Waals surface area contributed by atoms with Crippen LogP contribution in [0.5, 0.6) is 0 Å². The second-order valence-electron chi connectivity index (χ2n) is 6.70. The smallest absolute Gasteiger partial charge is 0.414 e. The van der Waals surface area contributed by atoms with Gasteiger partial charge in [0.25, 0.3) is 11.8 Å². The Morgan fingerprint density at radius 2 is 1.90 bits per heavy atom. The molecule has 2 saturated heterocycles. The lowest BCUT2D eigenvalue weighted by atomic mass is 10.1. The Labute approximate surface area is 175 Å². The SMILES string of the molecule is NC(=O)c1sc(Cl)cc1C[C@H]1CN(c2ccc(N3CCOCC3=O)cc2)C(=O)O1. The summed E-state index contributed by atoms with van der Waals surface area (Å²) in [7, 11) is 0. The highest BCUT2D eigenvalue weighted by Gasteiger charge is 2.33. The molecular weight excluding hydrogens is 418 g/mol. The number of carbonyl (C=O) groups excluding carboxylic acids is 3. The van der Waals surface area contributed by atoms with Crippen LogP contribution in [0.4, 0.5) is 16.2 Å². The Hall–Kier alpha value is -2.62. The predicted molar refractivity (Wildman–Crippen MR) is 109 cm³/mol. The van der Waals surface area contributed by atoms with Crippen LogP contribution in [0.25, 0.3) is 0 Å². The molecule has 0 spiro atoms. The van der Waals surface area contributed by atoms with Crippen LogP contribution >= 0.6 is 22.9 Å². The molecule has 1 aromatic heterocycles. The van der Waals surface area contributed by atoms with Gasteiger partial charge in [-0.05, 0) is 35.9 Å². The molecule has 3 heterocycles. The van der Waals surface area contributed by atoms with Crippen LogP contribution in [0, 0.1) is 0 Å². The molecule has 2 aliphatic rings. The largest absolute Gasteiger partial charge is 0.444 e. The van der Waals surface area contributed by atoms with Crippen molar-refractivity contribution in [3.8, 4) is 0 Å². The number of benzene rings is 1. The number of hydrogen-bond donors (Lipinski definition) is 1. The molecule has 2 N–H and O–H groups in total. The molecule has 29 heavy (non-hydrogen) atoms. The van der Waals surface area contributed by atoms with Crippen molar-refractivity contribution in [3.05, 3.63) is 45.1 Å². The minimum absolute atomic E-state index is 0.0712. The van der Waals surface area contributed by atoms with Gasteiger partial charge >= 0.3 is 6.09 Å². The van der Waals surface area contributed by atoms with E-state index in [9.17, 15) is 14.4 Å². The second kappa shape index (κ2) is 8.02. The van der Waals surface area contributed by atoms with Gasteiger partial charge in [0, 0.05) is 24.3 Å². The van der Waals surface area contributed by atoms with E-state index >= 15 is 0 Å². The lowest BCUT2D eigenvalue weighted by molar-refractivity contribution is -0.125. The Morgan fingerprint density at radius 1 is 1.21 bits per heavy atom. The molecule has 0 aliphatic carbocycles. The van der Waals surface area contributed by atoms with E-state index < -0.39 is 18.1 Å². The van der Waals surface area contributed by atoms with Gasteiger partial charge in [0.05, 0.1) is 22.4 Å². The first kappa shape index (κ1) is 19.7. The molecule has 2 aromatic rings. The zero-order chi connectivity index (χ0) is 20.5. The van der Waals surface area contributed by atoms with Gasteiger partial charge in [0.15, 0.2) is 0 Å². The highest BCUT2D eigenvalue weighted by Crippen LogP contribution is 2.31. The third-order valence-corrected chi connectivity index (χ3v) is 6.10. The van der Waals surface area contributed by atoms with Crippen LogP contribution in [0.3, 0.4) is 0 Å². The van der Waals surface area contributed by atoms with Gasteiger partial charge in [-0.3, -0.25) is 14.5 Å². The number of halogens is 1. The average molecular weight is 436 g/mol. The lowest BCUT2D eigenvalue weighted by Crippen LogP contribution is -2.41. The van der Waals surface area contributed by atoms with Crippen LogP contribution in [0.2, 0.25) is 4.34 Å². The Kier molecular flexibility index (Phi) is 5.44.